The molecule has 0 aliphatic carbocycles. The van der Waals surface area contributed by atoms with Crippen molar-refractivity contribution in [1.82, 2.24) is 15.3 Å². The largest absolute Gasteiger partial charge is 0.491 e. The van der Waals surface area contributed by atoms with Crippen molar-refractivity contribution in [3.63, 3.8) is 0 Å². The molecule has 1 aromatic heterocycles. The molecule has 168 valence electrons. The third kappa shape index (κ3) is 5.97. The summed E-state index contributed by atoms with van der Waals surface area (Å²) in [4.78, 5) is 20.8. The quantitative estimate of drug-likeness (QED) is 0.511. The zero-order valence-electron chi connectivity index (χ0n) is 19.4. The Bertz CT molecular complexity index is 1060. The van der Waals surface area contributed by atoms with E-state index in [1.54, 1.807) is 7.11 Å². The summed E-state index contributed by atoms with van der Waals surface area (Å²) in [7, 11) is 1.61. The van der Waals surface area contributed by atoms with Gasteiger partial charge in [0, 0.05) is 11.3 Å². The highest BCUT2D eigenvalue weighted by atomic mass is 16.6. The first-order valence-corrected chi connectivity index (χ1v) is 10.5. The van der Waals surface area contributed by atoms with Crippen LogP contribution in [0.5, 0.6) is 5.75 Å². The van der Waals surface area contributed by atoms with Crippen molar-refractivity contribution in [1.29, 1.82) is 0 Å². The number of carbonyl (C=O) groups excluding carboxylic acids is 1. The molecule has 0 fully saturated rings. The lowest BCUT2D eigenvalue weighted by molar-refractivity contribution is 0.0508. The van der Waals surface area contributed by atoms with Crippen LogP contribution in [0, 0.1) is 6.92 Å². The lowest BCUT2D eigenvalue weighted by Gasteiger charge is -2.22. The van der Waals surface area contributed by atoms with Crippen LogP contribution >= 0.6 is 0 Å². The van der Waals surface area contributed by atoms with Gasteiger partial charge in [0.1, 0.15) is 17.6 Å². The van der Waals surface area contributed by atoms with Gasteiger partial charge in [-0.3, -0.25) is 0 Å². The molecule has 3 aromatic rings. The molecule has 0 spiro atoms. The van der Waals surface area contributed by atoms with Gasteiger partial charge in [-0.15, -0.1) is 0 Å². The van der Waals surface area contributed by atoms with Crippen molar-refractivity contribution in [2.45, 2.75) is 46.3 Å². The van der Waals surface area contributed by atoms with Crippen molar-refractivity contribution < 1.29 is 14.3 Å². The number of nitrogens with one attached hydrogen (secondary N) is 2. The number of amides is 1. The fourth-order valence-electron chi connectivity index (χ4n) is 3.13. The molecule has 1 atom stereocenters. The van der Waals surface area contributed by atoms with Crippen molar-refractivity contribution in [2.75, 3.05) is 12.4 Å². The number of hydrogen-bond acceptors (Lipinski definition) is 6. The second-order valence-corrected chi connectivity index (χ2v) is 8.59. The Labute approximate surface area is 189 Å². The Morgan fingerprint density at radius 1 is 1.00 bits per heavy atom. The van der Waals surface area contributed by atoms with Crippen LogP contribution < -0.4 is 15.4 Å². The molecule has 2 N–H and O–H groups in total. The van der Waals surface area contributed by atoms with Crippen LogP contribution in [0.1, 0.15) is 44.9 Å². The summed E-state index contributed by atoms with van der Waals surface area (Å²) in [5.41, 5.74) is 4.11. The first kappa shape index (κ1) is 23.1. The van der Waals surface area contributed by atoms with E-state index in [1.807, 2.05) is 83.1 Å². The summed E-state index contributed by atoms with van der Waals surface area (Å²) in [5.74, 6) is 1.14. The summed E-state index contributed by atoms with van der Waals surface area (Å²) < 4.78 is 11.0. The second-order valence-electron chi connectivity index (χ2n) is 8.59. The predicted molar refractivity (Wildman–Crippen MR) is 126 cm³/mol. The molecule has 0 aliphatic rings. The van der Waals surface area contributed by atoms with Gasteiger partial charge in [-0.2, -0.15) is 0 Å². The van der Waals surface area contributed by atoms with Gasteiger partial charge in [0.05, 0.1) is 13.2 Å². The standard InChI is InChI=1S/C25H30N4O3/c1-16-7-9-19(10-8-16)21-22(31-6)23(27-15-26-21)29-20-13-11-18(12-14-20)17(2)28-24(30)32-25(3,4)5/h7-15,17H,1-6H3,(H,28,30)(H,26,27,29)/t17-/m0/s1. The molecule has 7 nitrogen and oxygen atoms in total. The highest BCUT2D eigenvalue weighted by molar-refractivity contribution is 5.75. The minimum absolute atomic E-state index is 0.194. The van der Waals surface area contributed by atoms with Crippen molar-refractivity contribution in [3.8, 4) is 17.0 Å². The summed E-state index contributed by atoms with van der Waals surface area (Å²) in [6.07, 6.45) is 1.07. The van der Waals surface area contributed by atoms with Crippen LogP contribution in [0.2, 0.25) is 0 Å². The number of carbonyl (C=O) groups is 1. The number of aryl methyl sites for hydroxylation is 1. The zero-order valence-corrected chi connectivity index (χ0v) is 19.4. The molecule has 0 unspecified atom stereocenters. The first-order valence-electron chi connectivity index (χ1n) is 10.5. The Morgan fingerprint density at radius 3 is 2.25 bits per heavy atom. The SMILES string of the molecule is COc1c(Nc2ccc([C@H](C)NC(=O)OC(C)(C)C)cc2)ncnc1-c1ccc(C)cc1. The first-order chi connectivity index (χ1) is 15.2. The Kier molecular flexibility index (Phi) is 6.98. The topological polar surface area (TPSA) is 85.4 Å². The number of nitrogens with zero attached hydrogens (tertiary/aromatic N) is 2. The van der Waals surface area contributed by atoms with E-state index in [9.17, 15) is 4.79 Å². The van der Waals surface area contributed by atoms with E-state index in [1.165, 1.54) is 11.9 Å². The lowest BCUT2D eigenvalue weighted by atomic mass is 10.1. The second kappa shape index (κ2) is 9.68. The van der Waals surface area contributed by atoms with Crippen LogP contribution in [0.25, 0.3) is 11.3 Å². The van der Waals surface area contributed by atoms with Crippen LogP contribution in [-0.4, -0.2) is 28.8 Å². The van der Waals surface area contributed by atoms with E-state index in [-0.39, 0.29) is 6.04 Å². The molecule has 0 saturated carbocycles. The summed E-state index contributed by atoms with van der Waals surface area (Å²) in [6.45, 7) is 9.46. The average molecular weight is 435 g/mol. The predicted octanol–water partition coefficient (Wildman–Crippen LogP) is 5.79. The number of ether oxygens (including phenoxy) is 2. The number of rotatable bonds is 6. The van der Waals surface area contributed by atoms with Crippen LogP contribution in [0.15, 0.2) is 54.9 Å². The zero-order chi connectivity index (χ0) is 23.3. The van der Waals surface area contributed by atoms with Crippen LogP contribution in [0.3, 0.4) is 0 Å². The molecule has 7 heteroatoms. The van der Waals surface area contributed by atoms with E-state index in [2.05, 4.69) is 20.6 Å². The molecule has 32 heavy (non-hydrogen) atoms. The maximum absolute atomic E-state index is 12.0. The summed E-state index contributed by atoms with van der Waals surface area (Å²) in [6, 6.07) is 15.6. The van der Waals surface area contributed by atoms with E-state index < -0.39 is 11.7 Å². The van der Waals surface area contributed by atoms with Crippen LogP contribution in [-0.2, 0) is 4.74 Å². The van der Waals surface area contributed by atoms with Crippen molar-refractivity contribution in [2.24, 2.45) is 0 Å². The van der Waals surface area contributed by atoms with E-state index in [0.29, 0.717) is 11.6 Å². The van der Waals surface area contributed by atoms with Gasteiger partial charge < -0.3 is 20.1 Å². The maximum Gasteiger partial charge on any atom is 0.408 e. The molecule has 0 bridgehead atoms. The molecule has 0 aliphatic heterocycles. The molecule has 2 aromatic carbocycles. The maximum atomic E-state index is 12.0. The van der Waals surface area contributed by atoms with Crippen LogP contribution in [0.4, 0.5) is 16.3 Å². The number of hydrogen-bond donors (Lipinski definition) is 2. The summed E-state index contributed by atoms with van der Waals surface area (Å²) in [5, 5.41) is 6.14. The fourth-order valence-corrected chi connectivity index (χ4v) is 3.13. The Balaban J connectivity index is 1.75. The highest BCUT2D eigenvalue weighted by Gasteiger charge is 2.18. The molecule has 3 rings (SSSR count). The van der Waals surface area contributed by atoms with Gasteiger partial charge in [0.25, 0.3) is 0 Å². The molecule has 1 heterocycles. The van der Waals surface area contributed by atoms with Crippen molar-refractivity contribution >= 4 is 17.6 Å². The minimum atomic E-state index is -0.536. The van der Waals surface area contributed by atoms with E-state index in [4.69, 9.17) is 9.47 Å². The number of anilines is 2. The van der Waals surface area contributed by atoms with Gasteiger partial charge in [-0.05, 0) is 52.3 Å². The minimum Gasteiger partial charge on any atom is -0.491 e. The van der Waals surface area contributed by atoms with Gasteiger partial charge in [-0.25, -0.2) is 14.8 Å². The average Bonchev–Trinajstić information content (AvgIpc) is 2.73. The Hall–Kier alpha value is -3.61. The Morgan fingerprint density at radius 2 is 1.66 bits per heavy atom. The molecular formula is C25H30N4O3. The van der Waals surface area contributed by atoms with E-state index in [0.717, 1.165) is 22.5 Å². The number of alkyl carbamates (subject to hydrolysis) is 1. The fraction of sp³-hybridized carbons (Fsp3) is 0.320. The number of methoxy groups -OCH3 is 1. The van der Waals surface area contributed by atoms with Gasteiger partial charge >= 0.3 is 6.09 Å². The third-order valence-electron chi connectivity index (χ3n) is 4.74. The number of aromatic nitrogens is 2. The van der Waals surface area contributed by atoms with Gasteiger partial charge in [-0.1, -0.05) is 42.0 Å². The molecular weight excluding hydrogens is 404 g/mol. The monoisotopic (exact) mass is 434 g/mol. The molecule has 0 radical (unpaired) electrons. The molecule has 1 amide bonds. The highest BCUT2D eigenvalue weighted by Crippen LogP contribution is 2.34. The smallest absolute Gasteiger partial charge is 0.408 e. The lowest BCUT2D eigenvalue weighted by Crippen LogP contribution is -2.34. The van der Waals surface area contributed by atoms with Crippen molar-refractivity contribution in [3.05, 3.63) is 66.0 Å². The summed E-state index contributed by atoms with van der Waals surface area (Å²) >= 11 is 0. The van der Waals surface area contributed by atoms with Gasteiger partial charge in [0.2, 0.25) is 0 Å². The van der Waals surface area contributed by atoms with E-state index >= 15 is 0 Å². The number of benzene rings is 2. The normalized spacial score (nSPS) is 12.1. The van der Waals surface area contributed by atoms with Gasteiger partial charge in [0.15, 0.2) is 11.6 Å². The third-order valence-corrected chi connectivity index (χ3v) is 4.74. The molecule has 0 saturated heterocycles.